The lowest BCUT2D eigenvalue weighted by molar-refractivity contribution is 0.504. The first-order valence-corrected chi connectivity index (χ1v) is 12.8. The number of hydrogen-bond acceptors (Lipinski definition) is 4. The van der Waals surface area contributed by atoms with Crippen molar-refractivity contribution in [3.8, 4) is 0 Å². The van der Waals surface area contributed by atoms with E-state index in [0.717, 1.165) is 44.0 Å². The van der Waals surface area contributed by atoms with Gasteiger partial charge in [0.15, 0.2) is 0 Å². The fraction of sp³-hybridized carbons (Fsp3) is 0.400. The van der Waals surface area contributed by atoms with Gasteiger partial charge in [-0.05, 0) is 67.5 Å². The number of dihydropyridines is 1. The van der Waals surface area contributed by atoms with Gasteiger partial charge in [-0.15, -0.1) is 6.58 Å². The van der Waals surface area contributed by atoms with E-state index >= 15 is 0 Å². The van der Waals surface area contributed by atoms with Gasteiger partial charge in [-0.25, -0.2) is 0 Å². The molecule has 1 heterocycles. The number of allylic oxidation sites excluding steroid dienone is 1. The molecule has 0 saturated carbocycles. The topological polar surface area (TPSA) is 60.8 Å². The molecule has 0 radical (unpaired) electrons. The van der Waals surface area contributed by atoms with Crippen molar-refractivity contribution in [3.05, 3.63) is 84.0 Å². The highest BCUT2D eigenvalue weighted by Gasteiger charge is 2.11. The maximum atomic E-state index is 4.78. The van der Waals surface area contributed by atoms with Gasteiger partial charge in [-0.2, -0.15) is 0 Å². The third-order valence-electron chi connectivity index (χ3n) is 6.25. The van der Waals surface area contributed by atoms with E-state index < -0.39 is 0 Å². The number of amidine groups is 1. The van der Waals surface area contributed by atoms with Crippen molar-refractivity contribution in [1.82, 2.24) is 10.6 Å². The van der Waals surface area contributed by atoms with Crippen molar-refractivity contribution < 1.29 is 0 Å². The van der Waals surface area contributed by atoms with E-state index in [1.54, 1.807) is 6.08 Å². The van der Waals surface area contributed by atoms with E-state index in [1.807, 2.05) is 13.1 Å². The van der Waals surface area contributed by atoms with E-state index in [4.69, 9.17) is 4.99 Å². The molecule has 2 aromatic carbocycles. The molecule has 0 aromatic heterocycles. The number of anilines is 1. The zero-order chi connectivity index (χ0) is 24.9. The minimum atomic E-state index is 0.330. The van der Waals surface area contributed by atoms with E-state index in [1.165, 1.54) is 28.7 Å². The average molecular weight is 472 g/mol. The minimum Gasteiger partial charge on any atom is -0.344 e. The smallest absolute Gasteiger partial charge is 0.0979 e. The monoisotopic (exact) mass is 471 g/mol. The first kappa shape index (κ1) is 26.6. The van der Waals surface area contributed by atoms with Crippen molar-refractivity contribution in [2.45, 2.75) is 52.1 Å². The molecule has 0 fully saturated rings. The third kappa shape index (κ3) is 9.27. The molecule has 5 nitrogen and oxygen atoms in total. The molecule has 35 heavy (non-hydrogen) atoms. The second kappa shape index (κ2) is 14.4. The Balaban J connectivity index is 1.44. The predicted octanol–water partition coefficient (Wildman–Crippen LogP) is 5.50. The highest BCUT2D eigenvalue weighted by molar-refractivity contribution is 6.10. The molecule has 2 unspecified atom stereocenters. The van der Waals surface area contributed by atoms with Gasteiger partial charge in [0, 0.05) is 37.6 Å². The van der Waals surface area contributed by atoms with Crippen LogP contribution in [0.25, 0.3) is 5.57 Å². The number of nitrogens with one attached hydrogen (secondary N) is 3. The Kier molecular flexibility index (Phi) is 10.9. The van der Waals surface area contributed by atoms with Gasteiger partial charge < -0.3 is 16.0 Å². The van der Waals surface area contributed by atoms with E-state index in [2.05, 4.69) is 96.0 Å². The number of benzene rings is 2. The maximum absolute atomic E-state index is 4.78. The second-order valence-corrected chi connectivity index (χ2v) is 9.21. The highest BCUT2D eigenvalue weighted by atomic mass is 15.0. The molecule has 0 spiro atoms. The van der Waals surface area contributed by atoms with Crippen LogP contribution in [0.5, 0.6) is 0 Å². The Morgan fingerprint density at radius 1 is 1.11 bits per heavy atom. The molecule has 186 valence electrons. The summed E-state index contributed by atoms with van der Waals surface area (Å²) in [5, 5.41) is 10.3. The lowest BCUT2D eigenvalue weighted by Gasteiger charge is -2.17. The number of nitrogens with zero attached hydrogens (tertiary/aromatic N) is 2. The van der Waals surface area contributed by atoms with Gasteiger partial charge in [-0.3, -0.25) is 9.98 Å². The standard InChI is InChI=1S/C30H41N5/c1-5-17-33-24(4)35-29-14-9-26(10-15-29)20-25-7-11-27(12-8-25)28-13-16-30(34-21-28)22-31-18-19-32-23(3)6-2/h5,7-15,21,23,30-32H,1,6,16-20,22H2,2-4H3,(H,33,35). The zero-order valence-electron chi connectivity index (χ0n) is 21.6. The number of hydrogen-bond donors (Lipinski definition) is 3. The normalized spacial score (nSPS) is 16.6. The molecule has 3 rings (SSSR count). The summed E-state index contributed by atoms with van der Waals surface area (Å²) < 4.78 is 0. The van der Waals surface area contributed by atoms with Crippen LogP contribution < -0.4 is 16.0 Å². The summed E-state index contributed by atoms with van der Waals surface area (Å²) in [7, 11) is 0. The lowest BCUT2D eigenvalue weighted by atomic mass is 9.98. The summed E-state index contributed by atoms with van der Waals surface area (Å²) in [5.74, 6) is 0.894. The largest absolute Gasteiger partial charge is 0.344 e. The molecule has 0 amide bonds. The van der Waals surface area contributed by atoms with Crippen LogP contribution in [0.3, 0.4) is 0 Å². The lowest BCUT2D eigenvalue weighted by Crippen LogP contribution is -2.35. The summed E-state index contributed by atoms with van der Waals surface area (Å²) in [6.45, 7) is 13.6. The van der Waals surface area contributed by atoms with Gasteiger partial charge in [0.25, 0.3) is 0 Å². The SMILES string of the molecule is C=CC/N=C(/C)Nc1ccc(Cc2ccc(C3=CCC(CNCCNC(C)CC)N=C3)cc2)cc1. The molecule has 0 bridgehead atoms. The van der Waals surface area contributed by atoms with Crippen LogP contribution in [0, 0.1) is 0 Å². The fourth-order valence-electron chi connectivity index (χ4n) is 3.92. The highest BCUT2D eigenvalue weighted by Crippen LogP contribution is 2.21. The first-order chi connectivity index (χ1) is 17.1. The van der Waals surface area contributed by atoms with Gasteiger partial charge in [0.05, 0.1) is 18.4 Å². The molecule has 1 aliphatic rings. The van der Waals surface area contributed by atoms with Crippen LogP contribution in [-0.4, -0.2) is 50.3 Å². The van der Waals surface area contributed by atoms with Crippen LogP contribution in [0.2, 0.25) is 0 Å². The van der Waals surface area contributed by atoms with Crippen molar-refractivity contribution in [3.63, 3.8) is 0 Å². The van der Waals surface area contributed by atoms with Crippen LogP contribution in [0.15, 0.2) is 77.2 Å². The molecule has 0 aliphatic carbocycles. The molecule has 2 aromatic rings. The molecule has 0 saturated heterocycles. The van der Waals surface area contributed by atoms with E-state index in [-0.39, 0.29) is 0 Å². The third-order valence-corrected chi connectivity index (χ3v) is 6.25. The maximum Gasteiger partial charge on any atom is 0.0979 e. The van der Waals surface area contributed by atoms with Crippen molar-refractivity contribution in [2.75, 3.05) is 31.5 Å². The Hall–Kier alpha value is -3.02. The van der Waals surface area contributed by atoms with Crippen LogP contribution in [0.4, 0.5) is 5.69 Å². The predicted molar refractivity (Wildman–Crippen MR) is 153 cm³/mol. The quantitative estimate of drug-likeness (QED) is 0.156. The van der Waals surface area contributed by atoms with Gasteiger partial charge in [0.1, 0.15) is 0 Å². The fourth-order valence-corrected chi connectivity index (χ4v) is 3.92. The number of aliphatic imine (C=N–C) groups is 2. The summed E-state index contributed by atoms with van der Waals surface area (Å²) in [6.07, 6.45) is 9.21. The van der Waals surface area contributed by atoms with Crippen LogP contribution in [0.1, 0.15) is 50.3 Å². The van der Waals surface area contributed by atoms with Crippen molar-refractivity contribution in [2.24, 2.45) is 9.98 Å². The Labute approximate surface area is 211 Å². The molecule has 3 N–H and O–H groups in total. The summed E-state index contributed by atoms with van der Waals surface area (Å²) in [5.41, 5.74) is 6.09. The van der Waals surface area contributed by atoms with Crippen molar-refractivity contribution in [1.29, 1.82) is 0 Å². The average Bonchev–Trinajstić information content (AvgIpc) is 2.89. The summed E-state index contributed by atoms with van der Waals surface area (Å²) in [6, 6.07) is 18.3. The Morgan fingerprint density at radius 3 is 2.46 bits per heavy atom. The molecule has 2 atom stereocenters. The van der Waals surface area contributed by atoms with Crippen LogP contribution >= 0.6 is 0 Å². The molecular weight excluding hydrogens is 430 g/mol. The van der Waals surface area contributed by atoms with Gasteiger partial charge in [-0.1, -0.05) is 55.5 Å². The molecular formula is C30H41N5. The Bertz CT molecular complexity index is 1000. The molecule has 5 heteroatoms. The van der Waals surface area contributed by atoms with Gasteiger partial charge >= 0.3 is 0 Å². The van der Waals surface area contributed by atoms with Crippen LogP contribution in [-0.2, 0) is 6.42 Å². The van der Waals surface area contributed by atoms with Gasteiger partial charge in [0.2, 0.25) is 0 Å². The summed E-state index contributed by atoms with van der Waals surface area (Å²) in [4.78, 5) is 9.15. The Morgan fingerprint density at radius 2 is 1.83 bits per heavy atom. The second-order valence-electron chi connectivity index (χ2n) is 9.21. The van der Waals surface area contributed by atoms with E-state index in [0.29, 0.717) is 18.6 Å². The first-order valence-electron chi connectivity index (χ1n) is 12.8. The van der Waals surface area contributed by atoms with Crippen molar-refractivity contribution >= 4 is 23.3 Å². The molecule has 1 aliphatic heterocycles. The zero-order valence-corrected chi connectivity index (χ0v) is 21.6. The van der Waals surface area contributed by atoms with E-state index in [9.17, 15) is 0 Å². The summed E-state index contributed by atoms with van der Waals surface area (Å²) >= 11 is 0. The number of rotatable bonds is 13. The minimum absolute atomic E-state index is 0.330.